The predicted molar refractivity (Wildman–Crippen MR) is 112 cm³/mol. The largest absolute Gasteiger partial charge is 0.448 e. The first kappa shape index (κ1) is 19.5. The van der Waals surface area contributed by atoms with Crippen molar-refractivity contribution in [1.82, 2.24) is 15.4 Å². The van der Waals surface area contributed by atoms with Crippen molar-refractivity contribution in [3.63, 3.8) is 0 Å². The van der Waals surface area contributed by atoms with Gasteiger partial charge >= 0.3 is 0 Å². The molecule has 0 aliphatic heterocycles. The van der Waals surface area contributed by atoms with Crippen molar-refractivity contribution < 1.29 is 14.0 Å². The molecule has 2 aromatic heterocycles. The average Bonchev–Trinajstić information content (AvgIpc) is 3.24. The molecule has 1 amide bonds. The predicted octanol–water partition coefficient (Wildman–Crippen LogP) is 4.50. The van der Waals surface area contributed by atoms with Crippen LogP contribution in [0.3, 0.4) is 0 Å². The maximum atomic E-state index is 12.2. The quantitative estimate of drug-likeness (QED) is 0.463. The molecule has 6 heteroatoms. The lowest BCUT2D eigenvalue weighted by Gasteiger charge is -2.06. The molecule has 4 rings (SSSR count). The Morgan fingerprint density at radius 3 is 2.53 bits per heavy atom. The highest BCUT2D eigenvalue weighted by molar-refractivity contribution is 5.91. The maximum Gasteiger partial charge on any atom is 0.293 e. The summed E-state index contributed by atoms with van der Waals surface area (Å²) in [7, 11) is 0. The summed E-state index contributed by atoms with van der Waals surface area (Å²) in [5.41, 5.74) is 7.56. The molecule has 1 N–H and O–H groups in total. The van der Waals surface area contributed by atoms with Gasteiger partial charge in [0.05, 0.1) is 13.0 Å². The Bertz CT molecular complexity index is 1100. The molecule has 150 valence electrons. The van der Waals surface area contributed by atoms with Crippen LogP contribution in [-0.2, 0) is 17.9 Å². The molecule has 0 fully saturated rings. The van der Waals surface area contributed by atoms with E-state index in [1.54, 1.807) is 18.5 Å². The third kappa shape index (κ3) is 4.98. The summed E-state index contributed by atoms with van der Waals surface area (Å²) in [6.07, 6.45) is 3.78. The van der Waals surface area contributed by atoms with E-state index in [-0.39, 0.29) is 12.3 Å². The number of hydrogen-bond acceptors (Lipinski definition) is 5. The van der Waals surface area contributed by atoms with E-state index in [4.69, 9.17) is 9.25 Å². The second-order valence-electron chi connectivity index (χ2n) is 6.93. The highest BCUT2D eigenvalue weighted by Gasteiger charge is 2.10. The van der Waals surface area contributed by atoms with Crippen LogP contribution in [0, 0.1) is 6.92 Å². The number of carbonyl (C=O) groups excluding carboxylic acids is 1. The summed E-state index contributed by atoms with van der Waals surface area (Å²) in [6, 6.07) is 21.2. The Balaban J connectivity index is 1.32. The van der Waals surface area contributed by atoms with E-state index >= 15 is 0 Å². The van der Waals surface area contributed by atoms with Gasteiger partial charge in [-0.25, -0.2) is 10.5 Å². The molecule has 0 bridgehead atoms. The van der Waals surface area contributed by atoms with Crippen LogP contribution < -0.4 is 5.48 Å². The first-order valence-electron chi connectivity index (χ1n) is 9.60. The fraction of sp³-hybridized carbons (Fsp3) is 0.125. The van der Waals surface area contributed by atoms with Crippen LogP contribution in [0.4, 0.5) is 0 Å². The zero-order valence-electron chi connectivity index (χ0n) is 16.5. The van der Waals surface area contributed by atoms with Gasteiger partial charge in [-0.2, -0.15) is 0 Å². The summed E-state index contributed by atoms with van der Waals surface area (Å²) in [6.45, 7) is 2.34. The van der Waals surface area contributed by atoms with E-state index in [2.05, 4.69) is 15.4 Å². The molecular weight excluding hydrogens is 378 g/mol. The zero-order valence-corrected chi connectivity index (χ0v) is 16.5. The van der Waals surface area contributed by atoms with Crippen molar-refractivity contribution in [3.8, 4) is 11.3 Å². The highest BCUT2D eigenvalue weighted by atomic mass is 16.6. The lowest BCUT2D eigenvalue weighted by atomic mass is 10.1. The van der Waals surface area contributed by atoms with E-state index < -0.39 is 5.91 Å². The molecular formula is C24H21N3O3. The Morgan fingerprint density at radius 1 is 1.00 bits per heavy atom. The normalized spacial score (nSPS) is 10.7. The van der Waals surface area contributed by atoms with Gasteiger partial charge < -0.3 is 4.42 Å². The van der Waals surface area contributed by atoms with Crippen LogP contribution in [0.5, 0.6) is 0 Å². The number of rotatable bonds is 7. The third-order valence-electron chi connectivity index (χ3n) is 4.56. The van der Waals surface area contributed by atoms with E-state index in [0.29, 0.717) is 12.3 Å². The molecule has 4 aromatic rings. The van der Waals surface area contributed by atoms with Gasteiger partial charge in [-0.3, -0.25) is 14.6 Å². The first-order valence-corrected chi connectivity index (χ1v) is 9.60. The first-order chi connectivity index (χ1) is 14.7. The molecule has 2 heterocycles. The van der Waals surface area contributed by atoms with Gasteiger partial charge in [0.25, 0.3) is 5.91 Å². The standard InChI is InChI=1S/C24H21N3O3/c1-17-7-10-20(11-8-17)22-16-29-23(26-22)13-19-9-12-21(25-14-19)24(28)27-30-15-18-5-3-2-4-6-18/h2-12,14,16H,13,15H2,1H3,(H,27,28). The lowest BCUT2D eigenvalue weighted by Crippen LogP contribution is -2.24. The number of benzene rings is 2. The molecule has 30 heavy (non-hydrogen) atoms. The highest BCUT2D eigenvalue weighted by Crippen LogP contribution is 2.20. The molecule has 0 spiro atoms. The topological polar surface area (TPSA) is 77.2 Å². The Hall–Kier alpha value is -3.77. The Morgan fingerprint density at radius 2 is 1.80 bits per heavy atom. The molecule has 0 aliphatic rings. The lowest BCUT2D eigenvalue weighted by molar-refractivity contribution is 0.0229. The second-order valence-corrected chi connectivity index (χ2v) is 6.93. The van der Waals surface area contributed by atoms with E-state index in [9.17, 15) is 4.79 Å². The van der Waals surface area contributed by atoms with Gasteiger partial charge in [-0.05, 0) is 24.1 Å². The van der Waals surface area contributed by atoms with Gasteiger partial charge in [0, 0.05) is 11.8 Å². The third-order valence-corrected chi connectivity index (χ3v) is 4.56. The van der Waals surface area contributed by atoms with Gasteiger partial charge in [0.15, 0.2) is 5.89 Å². The molecule has 0 radical (unpaired) electrons. The Labute approximate surface area is 174 Å². The summed E-state index contributed by atoms with van der Waals surface area (Å²) < 4.78 is 5.59. The van der Waals surface area contributed by atoms with Gasteiger partial charge in [0.1, 0.15) is 17.7 Å². The number of carbonyl (C=O) groups is 1. The average molecular weight is 399 g/mol. The molecule has 2 aromatic carbocycles. The molecule has 0 saturated carbocycles. The van der Waals surface area contributed by atoms with E-state index in [0.717, 1.165) is 22.4 Å². The van der Waals surface area contributed by atoms with Crippen LogP contribution >= 0.6 is 0 Å². The molecule has 0 atom stereocenters. The Kier molecular flexibility index (Phi) is 5.96. The van der Waals surface area contributed by atoms with Crippen molar-refractivity contribution >= 4 is 5.91 Å². The minimum atomic E-state index is -0.393. The number of hydroxylamine groups is 1. The van der Waals surface area contributed by atoms with E-state index in [1.807, 2.05) is 67.6 Å². The molecule has 0 unspecified atom stereocenters. The van der Waals surface area contributed by atoms with Crippen LogP contribution in [0.25, 0.3) is 11.3 Å². The zero-order chi connectivity index (χ0) is 20.8. The van der Waals surface area contributed by atoms with Crippen molar-refractivity contribution in [1.29, 1.82) is 0 Å². The summed E-state index contributed by atoms with van der Waals surface area (Å²) >= 11 is 0. The number of nitrogens with one attached hydrogen (secondary N) is 1. The minimum Gasteiger partial charge on any atom is -0.448 e. The van der Waals surface area contributed by atoms with Crippen molar-refractivity contribution in [2.45, 2.75) is 20.0 Å². The van der Waals surface area contributed by atoms with Gasteiger partial charge in [0.2, 0.25) is 0 Å². The number of nitrogens with zero attached hydrogens (tertiary/aromatic N) is 2. The molecule has 6 nitrogen and oxygen atoms in total. The van der Waals surface area contributed by atoms with Crippen LogP contribution in [0.2, 0.25) is 0 Å². The number of hydrogen-bond donors (Lipinski definition) is 1. The summed E-state index contributed by atoms with van der Waals surface area (Å²) in [5.74, 6) is 0.200. The fourth-order valence-corrected chi connectivity index (χ4v) is 2.90. The number of amides is 1. The number of aryl methyl sites for hydroxylation is 1. The maximum absolute atomic E-state index is 12.2. The summed E-state index contributed by atoms with van der Waals surface area (Å²) in [5, 5.41) is 0. The minimum absolute atomic E-state index is 0.277. The van der Waals surface area contributed by atoms with Crippen LogP contribution in [0.1, 0.15) is 33.1 Å². The van der Waals surface area contributed by atoms with Crippen molar-refractivity contribution in [3.05, 3.63) is 107 Å². The van der Waals surface area contributed by atoms with Crippen molar-refractivity contribution in [2.24, 2.45) is 0 Å². The van der Waals surface area contributed by atoms with Crippen LogP contribution in [-0.4, -0.2) is 15.9 Å². The number of pyridine rings is 1. The SMILES string of the molecule is Cc1ccc(-c2coc(Cc3ccc(C(=O)NOCc4ccccc4)nc3)n2)cc1. The fourth-order valence-electron chi connectivity index (χ4n) is 2.90. The van der Waals surface area contributed by atoms with Gasteiger partial charge in [-0.1, -0.05) is 66.2 Å². The second kappa shape index (κ2) is 9.15. The van der Waals surface area contributed by atoms with Crippen molar-refractivity contribution in [2.75, 3.05) is 0 Å². The monoisotopic (exact) mass is 399 g/mol. The van der Waals surface area contributed by atoms with Crippen LogP contribution in [0.15, 0.2) is 83.6 Å². The van der Waals surface area contributed by atoms with E-state index in [1.165, 1.54) is 5.56 Å². The smallest absolute Gasteiger partial charge is 0.293 e. The number of aromatic nitrogens is 2. The summed E-state index contributed by atoms with van der Waals surface area (Å²) in [4.78, 5) is 26.2. The van der Waals surface area contributed by atoms with Gasteiger partial charge in [-0.15, -0.1) is 0 Å². The molecule has 0 saturated heterocycles. The molecule has 0 aliphatic carbocycles. The number of oxazole rings is 1.